The lowest BCUT2D eigenvalue weighted by Crippen LogP contribution is -2.21. The number of rotatable bonds is 5. The van der Waals surface area contributed by atoms with Crippen LogP contribution in [0, 0.1) is 11.8 Å². The molecule has 1 nitrogen and oxygen atoms in total. The Labute approximate surface area is 121 Å². The first kappa shape index (κ1) is 15.3. The maximum atomic E-state index is 13.4. The Balaban J connectivity index is 2.03. The number of hydrogen-bond acceptors (Lipinski definition) is 1. The Morgan fingerprint density at radius 3 is 2.80 bits per heavy atom. The Morgan fingerprint density at radius 2 is 2.15 bits per heavy atom. The van der Waals surface area contributed by atoms with E-state index in [0.29, 0.717) is 5.92 Å². The third kappa shape index (κ3) is 3.71. The number of benzene rings is 1. The molecule has 1 aliphatic rings. The fraction of sp³-hybridized carbons (Fsp3) is 0.647. The average Bonchev–Trinajstić information content (AvgIpc) is 2.86. The predicted octanol–water partition coefficient (Wildman–Crippen LogP) is 5.06. The van der Waals surface area contributed by atoms with Crippen molar-refractivity contribution in [1.82, 2.24) is 0 Å². The molecule has 20 heavy (non-hydrogen) atoms. The number of nitrogens with zero attached hydrogens (tertiary/aromatic N) is 1. The van der Waals surface area contributed by atoms with Crippen LogP contribution in [0.4, 0.5) is 14.5 Å². The van der Waals surface area contributed by atoms with E-state index in [2.05, 4.69) is 18.7 Å². The van der Waals surface area contributed by atoms with Crippen molar-refractivity contribution in [3.8, 4) is 0 Å². The van der Waals surface area contributed by atoms with Crippen LogP contribution in [-0.2, 0) is 5.92 Å². The Bertz CT molecular complexity index is 439. The van der Waals surface area contributed by atoms with E-state index >= 15 is 0 Å². The highest BCUT2D eigenvalue weighted by atomic mass is 19.3. The van der Waals surface area contributed by atoms with Crippen LogP contribution in [0.1, 0.15) is 45.6 Å². The molecule has 1 saturated heterocycles. The minimum Gasteiger partial charge on any atom is -0.371 e. The first-order valence-corrected chi connectivity index (χ1v) is 7.63. The standard InChI is InChI=1S/C17H25F2N/c1-4-13(2)10-14-8-9-20(12-14)16-7-5-6-15(11-16)17(3,18)19/h5-7,11,13-14H,4,8-10,12H2,1-3H3. The summed E-state index contributed by atoms with van der Waals surface area (Å²) in [6, 6.07) is 6.84. The van der Waals surface area contributed by atoms with Gasteiger partial charge in [0.15, 0.2) is 0 Å². The predicted molar refractivity (Wildman–Crippen MR) is 80.4 cm³/mol. The maximum absolute atomic E-state index is 13.4. The molecule has 0 spiro atoms. The van der Waals surface area contributed by atoms with Crippen molar-refractivity contribution in [1.29, 1.82) is 0 Å². The molecular formula is C17H25F2N. The van der Waals surface area contributed by atoms with E-state index in [1.807, 2.05) is 6.07 Å². The summed E-state index contributed by atoms with van der Waals surface area (Å²) in [5.41, 5.74) is 1.05. The quantitative estimate of drug-likeness (QED) is 0.729. The first-order valence-electron chi connectivity index (χ1n) is 7.63. The smallest absolute Gasteiger partial charge is 0.270 e. The van der Waals surface area contributed by atoms with Gasteiger partial charge in [0.2, 0.25) is 0 Å². The number of alkyl halides is 2. The SMILES string of the molecule is CCC(C)CC1CCN(c2cccc(C(C)(F)F)c2)C1. The summed E-state index contributed by atoms with van der Waals surface area (Å²) in [7, 11) is 0. The third-order valence-corrected chi connectivity index (χ3v) is 4.44. The molecule has 0 N–H and O–H groups in total. The molecular weight excluding hydrogens is 256 g/mol. The van der Waals surface area contributed by atoms with Crippen molar-refractivity contribution < 1.29 is 8.78 Å². The molecule has 0 amide bonds. The van der Waals surface area contributed by atoms with Gasteiger partial charge in [-0.25, -0.2) is 8.78 Å². The summed E-state index contributed by atoms with van der Waals surface area (Å²) in [5.74, 6) is -1.30. The second-order valence-electron chi connectivity index (χ2n) is 6.29. The van der Waals surface area contributed by atoms with E-state index in [4.69, 9.17) is 0 Å². The van der Waals surface area contributed by atoms with Crippen LogP contribution in [0.25, 0.3) is 0 Å². The molecule has 1 aromatic carbocycles. The molecule has 1 heterocycles. The summed E-state index contributed by atoms with van der Waals surface area (Å²) in [6.07, 6.45) is 3.64. The minimum atomic E-state index is -2.76. The highest BCUT2D eigenvalue weighted by molar-refractivity contribution is 5.50. The molecule has 2 rings (SSSR count). The molecule has 1 aliphatic heterocycles. The van der Waals surface area contributed by atoms with Crippen molar-refractivity contribution in [3.05, 3.63) is 29.8 Å². The topological polar surface area (TPSA) is 3.24 Å². The highest BCUT2D eigenvalue weighted by Crippen LogP contribution is 2.33. The summed E-state index contributed by atoms with van der Waals surface area (Å²) in [4.78, 5) is 2.25. The van der Waals surface area contributed by atoms with Gasteiger partial charge in [-0.3, -0.25) is 0 Å². The molecule has 2 atom stereocenters. The van der Waals surface area contributed by atoms with Crippen LogP contribution in [0.3, 0.4) is 0 Å². The van der Waals surface area contributed by atoms with Gasteiger partial charge in [0, 0.05) is 31.3 Å². The van der Waals surface area contributed by atoms with Crippen LogP contribution in [0.15, 0.2) is 24.3 Å². The Morgan fingerprint density at radius 1 is 1.40 bits per heavy atom. The second kappa shape index (κ2) is 6.11. The number of anilines is 1. The van der Waals surface area contributed by atoms with Gasteiger partial charge in [-0.05, 0) is 36.8 Å². The van der Waals surface area contributed by atoms with Gasteiger partial charge >= 0.3 is 0 Å². The Hall–Kier alpha value is -1.12. The van der Waals surface area contributed by atoms with E-state index in [1.165, 1.54) is 25.3 Å². The molecule has 0 radical (unpaired) electrons. The van der Waals surface area contributed by atoms with E-state index in [9.17, 15) is 8.78 Å². The summed E-state index contributed by atoms with van der Waals surface area (Å²) < 4.78 is 26.8. The van der Waals surface area contributed by atoms with Gasteiger partial charge in [0.25, 0.3) is 5.92 Å². The van der Waals surface area contributed by atoms with Crippen LogP contribution in [0.2, 0.25) is 0 Å². The lowest BCUT2D eigenvalue weighted by atomic mass is 9.93. The van der Waals surface area contributed by atoms with E-state index in [0.717, 1.165) is 31.6 Å². The molecule has 3 heteroatoms. The normalized spacial score (nSPS) is 21.2. The maximum Gasteiger partial charge on any atom is 0.270 e. The monoisotopic (exact) mass is 281 g/mol. The first-order chi connectivity index (χ1) is 9.40. The molecule has 0 saturated carbocycles. The fourth-order valence-corrected chi connectivity index (χ4v) is 2.97. The summed E-state index contributed by atoms with van der Waals surface area (Å²) >= 11 is 0. The third-order valence-electron chi connectivity index (χ3n) is 4.44. The van der Waals surface area contributed by atoms with Gasteiger partial charge in [-0.2, -0.15) is 0 Å². The van der Waals surface area contributed by atoms with E-state index < -0.39 is 5.92 Å². The largest absolute Gasteiger partial charge is 0.371 e. The molecule has 0 bridgehead atoms. The van der Waals surface area contributed by atoms with E-state index in [1.54, 1.807) is 12.1 Å². The molecule has 1 aromatic rings. The van der Waals surface area contributed by atoms with Crippen LogP contribution < -0.4 is 4.90 Å². The van der Waals surface area contributed by atoms with Gasteiger partial charge in [0.1, 0.15) is 0 Å². The van der Waals surface area contributed by atoms with Gasteiger partial charge in [-0.15, -0.1) is 0 Å². The summed E-state index contributed by atoms with van der Waals surface area (Å²) in [5, 5.41) is 0. The number of hydrogen-bond donors (Lipinski definition) is 0. The highest BCUT2D eigenvalue weighted by Gasteiger charge is 2.27. The van der Waals surface area contributed by atoms with Crippen molar-refractivity contribution >= 4 is 5.69 Å². The van der Waals surface area contributed by atoms with Crippen molar-refractivity contribution in [2.24, 2.45) is 11.8 Å². The van der Waals surface area contributed by atoms with Gasteiger partial charge in [-0.1, -0.05) is 32.4 Å². The van der Waals surface area contributed by atoms with Crippen LogP contribution in [0.5, 0.6) is 0 Å². The van der Waals surface area contributed by atoms with E-state index in [-0.39, 0.29) is 5.56 Å². The van der Waals surface area contributed by atoms with Crippen molar-refractivity contribution in [3.63, 3.8) is 0 Å². The lowest BCUT2D eigenvalue weighted by molar-refractivity contribution is 0.0175. The van der Waals surface area contributed by atoms with Crippen LogP contribution >= 0.6 is 0 Å². The number of halogens is 2. The minimum absolute atomic E-state index is 0.111. The zero-order chi connectivity index (χ0) is 14.8. The van der Waals surface area contributed by atoms with Crippen molar-refractivity contribution in [2.45, 2.75) is 46.0 Å². The summed E-state index contributed by atoms with van der Waals surface area (Å²) in [6.45, 7) is 7.47. The molecule has 2 unspecified atom stereocenters. The van der Waals surface area contributed by atoms with Crippen LogP contribution in [-0.4, -0.2) is 13.1 Å². The zero-order valence-electron chi connectivity index (χ0n) is 12.7. The molecule has 0 aromatic heterocycles. The second-order valence-corrected chi connectivity index (χ2v) is 6.29. The average molecular weight is 281 g/mol. The zero-order valence-corrected chi connectivity index (χ0v) is 12.7. The van der Waals surface area contributed by atoms with Crippen molar-refractivity contribution in [2.75, 3.05) is 18.0 Å². The fourth-order valence-electron chi connectivity index (χ4n) is 2.97. The lowest BCUT2D eigenvalue weighted by Gasteiger charge is -2.21. The Kier molecular flexibility index (Phi) is 4.66. The van der Waals surface area contributed by atoms with Gasteiger partial charge < -0.3 is 4.90 Å². The van der Waals surface area contributed by atoms with Gasteiger partial charge in [0.05, 0.1) is 0 Å². The molecule has 0 aliphatic carbocycles. The molecule has 1 fully saturated rings. The molecule has 112 valence electrons.